The van der Waals surface area contributed by atoms with Crippen molar-refractivity contribution < 1.29 is 19.2 Å². The number of alkyl halides is 1. The van der Waals surface area contributed by atoms with Gasteiger partial charge in [0, 0.05) is 25.4 Å². The predicted molar refractivity (Wildman–Crippen MR) is 119 cm³/mol. The summed E-state index contributed by atoms with van der Waals surface area (Å²) in [6.45, 7) is 2.51. The SMILES string of the molecule is CC(=CCCCN)C(=O)N(C)C.NNC(=O)c1c(N)cccc1C(=O)N(N)C(=O)CCl. The van der Waals surface area contributed by atoms with Crippen molar-refractivity contribution in [3.63, 3.8) is 0 Å². The number of nitrogens with zero attached hydrogens (tertiary/aromatic N) is 2. The van der Waals surface area contributed by atoms with Crippen LogP contribution in [0.2, 0.25) is 0 Å². The topological polar surface area (TPSA) is 191 Å². The van der Waals surface area contributed by atoms with E-state index in [4.69, 9.17) is 34.8 Å². The third kappa shape index (κ3) is 8.72. The van der Waals surface area contributed by atoms with Crippen LogP contribution in [0.5, 0.6) is 0 Å². The molecule has 12 heteroatoms. The fourth-order valence-electron chi connectivity index (χ4n) is 2.26. The quantitative estimate of drug-likeness (QED) is 0.0704. The number of hydrazine groups is 2. The van der Waals surface area contributed by atoms with Gasteiger partial charge >= 0.3 is 0 Å². The number of carbonyl (C=O) groups is 4. The predicted octanol–water partition coefficient (Wildman–Crippen LogP) is -0.287. The summed E-state index contributed by atoms with van der Waals surface area (Å²) in [5.41, 5.74) is 13.3. The lowest BCUT2D eigenvalue weighted by molar-refractivity contribution is -0.126. The molecule has 9 N–H and O–H groups in total. The summed E-state index contributed by atoms with van der Waals surface area (Å²) in [6.07, 6.45) is 3.77. The molecule has 0 heterocycles. The van der Waals surface area contributed by atoms with Crippen LogP contribution in [0.3, 0.4) is 0 Å². The summed E-state index contributed by atoms with van der Waals surface area (Å²) < 4.78 is 0. The molecule has 0 saturated heterocycles. The molecular formula is C19H30ClN7O4. The number of hydrogen-bond acceptors (Lipinski definition) is 8. The molecule has 0 bridgehead atoms. The number of halogens is 1. The van der Waals surface area contributed by atoms with Crippen LogP contribution >= 0.6 is 11.6 Å². The van der Waals surface area contributed by atoms with Crippen molar-refractivity contribution in [1.82, 2.24) is 15.3 Å². The smallest absolute Gasteiger partial charge is 0.275 e. The molecule has 0 aromatic heterocycles. The molecule has 0 aliphatic carbocycles. The Labute approximate surface area is 186 Å². The fourth-order valence-corrected chi connectivity index (χ4v) is 2.39. The number of likely N-dealkylation sites (N-methyl/N-ethyl adjacent to an activating group) is 1. The number of benzene rings is 1. The minimum absolute atomic E-state index is 0.0283. The molecule has 1 aromatic rings. The van der Waals surface area contributed by atoms with Gasteiger partial charge in [-0.2, -0.15) is 0 Å². The Bertz CT molecular complexity index is 827. The van der Waals surface area contributed by atoms with Crippen LogP contribution in [-0.4, -0.2) is 60.1 Å². The van der Waals surface area contributed by atoms with Crippen LogP contribution in [0.15, 0.2) is 29.8 Å². The highest BCUT2D eigenvalue weighted by atomic mass is 35.5. The largest absolute Gasteiger partial charge is 0.398 e. The zero-order valence-corrected chi connectivity index (χ0v) is 18.6. The monoisotopic (exact) mass is 455 g/mol. The summed E-state index contributed by atoms with van der Waals surface area (Å²) in [4.78, 5) is 47.7. The Morgan fingerprint density at radius 1 is 1.19 bits per heavy atom. The normalized spacial score (nSPS) is 10.5. The Morgan fingerprint density at radius 2 is 1.81 bits per heavy atom. The number of amides is 4. The van der Waals surface area contributed by atoms with Gasteiger partial charge in [-0.05, 0) is 38.4 Å². The molecule has 0 fully saturated rings. The van der Waals surface area contributed by atoms with Gasteiger partial charge in [0.05, 0.1) is 11.1 Å². The van der Waals surface area contributed by atoms with Crippen molar-refractivity contribution in [3.8, 4) is 0 Å². The molecule has 0 aliphatic rings. The molecule has 0 unspecified atom stereocenters. The molecule has 1 aromatic carbocycles. The first-order valence-electron chi connectivity index (χ1n) is 9.19. The maximum atomic E-state index is 12.0. The summed E-state index contributed by atoms with van der Waals surface area (Å²) in [7, 11) is 3.51. The number of unbranched alkanes of at least 4 members (excludes halogenated alkanes) is 1. The molecule has 11 nitrogen and oxygen atoms in total. The van der Waals surface area contributed by atoms with Crippen LogP contribution in [0.1, 0.15) is 40.5 Å². The van der Waals surface area contributed by atoms with E-state index >= 15 is 0 Å². The van der Waals surface area contributed by atoms with Gasteiger partial charge < -0.3 is 16.4 Å². The molecule has 1 rings (SSSR count). The standard InChI is InChI=1S/C10H12ClN5O3.C9H18N2O/c11-4-7(17)16(14)10(19)5-2-1-3-6(12)8(5)9(18)15-13;1-8(6-4-5-7-10)9(12)11(2)3/h1-3H,4,12-14H2,(H,15,18);6H,4-5,7,10H2,1-3H3. The van der Waals surface area contributed by atoms with Crippen molar-refractivity contribution in [3.05, 3.63) is 41.0 Å². The van der Waals surface area contributed by atoms with Crippen molar-refractivity contribution >= 4 is 40.9 Å². The van der Waals surface area contributed by atoms with Gasteiger partial charge in [0.15, 0.2) is 0 Å². The van der Waals surface area contributed by atoms with E-state index in [1.807, 2.05) is 18.4 Å². The van der Waals surface area contributed by atoms with Gasteiger partial charge in [-0.25, -0.2) is 16.7 Å². The molecule has 0 atom stereocenters. The van der Waals surface area contributed by atoms with Gasteiger partial charge in [-0.1, -0.05) is 12.1 Å². The van der Waals surface area contributed by atoms with E-state index in [0.717, 1.165) is 18.4 Å². The maximum Gasteiger partial charge on any atom is 0.275 e. The molecule has 172 valence electrons. The van der Waals surface area contributed by atoms with Crippen molar-refractivity contribution in [2.24, 2.45) is 17.4 Å². The Hall–Kier alpha value is -2.99. The number of anilines is 1. The van der Waals surface area contributed by atoms with E-state index < -0.39 is 23.6 Å². The van der Waals surface area contributed by atoms with Gasteiger partial charge in [-0.3, -0.25) is 24.6 Å². The molecular weight excluding hydrogens is 426 g/mol. The first kappa shape index (κ1) is 28.0. The van der Waals surface area contributed by atoms with Gasteiger partial charge in [0.25, 0.3) is 17.7 Å². The van der Waals surface area contributed by atoms with E-state index in [2.05, 4.69) is 0 Å². The summed E-state index contributed by atoms with van der Waals surface area (Å²) >= 11 is 5.29. The molecule has 4 amide bonds. The Balaban J connectivity index is 0.000000649. The number of carbonyl (C=O) groups excluding carboxylic acids is 4. The van der Waals surface area contributed by atoms with Crippen molar-refractivity contribution in [2.75, 3.05) is 32.3 Å². The Kier molecular flexibility index (Phi) is 12.7. The average Bonchev–Trinajstić information content (AvgIpc) is 2.76. The first-order chi connectivity index (χ1) is 14.5. The maximum absolute atomic E-state index is 12.0. The number of hydrogen-bond donors (Lipinski definition) is 5. The van der Waals surface area contributed by atoms with E-state index in [1.54, 1.807) is 19.0 Å². The highest BCUT2D eigenvalue weighted by Gasteiger charge is 2.25. The lowest BCUT2D eigenvalue weighted by Crippen LogP contribution is -2.44. The van der Waals surface area contributed by atoms with Gasteiger partial charge in [-0.15, -0.1) is 11.6 Å². The number of imide groups is 1. The van der Waals surface area contributed by atoms with Crippen LogP contribution in [-0.2, 0) is 9.59 Å². The average molecular weight is 456 g/mol. The zero-order valence-electron chi connectivity index (χ0n) is 17.9. The third-order valence-electron chi connectivity index (χ3n) is 3.89. The van der Waals surface area contributed by atoms with E-state index in [9.17, 15) is 19.2 Å². The minimum atomic E-state index is -0.906. The second-order valence-electron chi connectivity index (χ2n) is 6.46. The number of nitrogens with one attached hydrogen (secondary N) is 1. The zero-order chi connectivity index (χ0) is 24.1. The summed E-state index contributed by atoms with van der Waals surface area (Å²) in [6, 6.07) is 4.14. The highest BCUT2D eigenvalue weighted by Crippen LogP contribution is 2.18. The van der Waals surface area contributed by atoms with Crippen molar-refractivity contribution in [2.45, 2.75) is 19.8 Å². The van der Waals surface area contributed by atoms with E-state index in [-0.39, 0.29) is 22.7 Å². The molecule has 0 spiro atoms. The third-order valence-corrected chi connectivity index (χ3v) is 4.12. The van der Waals surface area contributed by atoms with E-state index in [0.29, 0.717) is 11.6 Å². The number of allylic oxidation sites excluding steroid dienone is 1. The molecule has 0 saturated carbocycles. The lowest BCUT2D eigenvalue weighted by Gasteiger charge is -2.16. The van der Waals surface area contributed by atoms with Gasteiger partial charge in [0.2, 0.25) is 5.91 Å². The van der Waals surface area contributed by atoms with Crippen LogP contribution in [0.4, 0.5) is 5.69 Å². The van der Waals surface area contributed by atoms with E-state index in [1.165, 1.54) is 18.2 Å². The lowest BCUT2D eigenvalue weighted by atomic mass is 10.0. The van der Waals surface area contributed by atoms with Crippen LogP contribution < -0.4 is 28.6 Å². The molecule has 0 aliphatic heterocycles. The van der Waals surface area contributed by atoms with Crippen molar-refractivity contribution in [1.29, 1.82) is 0 Å². The fraction of sp³-hybridized carbons (Fsp3) is 0.368. The first-order valence-corrected chi connectivity index (χ1v) is 9.72. The highest BCUT2D eigenvalue weighted by molar-refractivity contribution is 6.29. The summed E-state index contributed by atoms with van der Waals surface area (Å²) in [5, 5.41) is 0.315. The summed E-state index contributed by atoms with van der Waals surface area (Å²) in [5.74, 6) is 7.43. The van der Waals surface area contributed by atoms with Crippen LogP contribution in [0.25, 0.3) is 0 Å². The number of nitrogens with two attached hydrogens (primary N) is 4. The molecule has 31 heavy (non-hydrogen) atoms. The minimum Gasteiger partial charge on any atom is -0.398 e. The Morgan fingerprint density at radius 3 is 2.29 bits per heavy atom. The number of nitrogen functional groups attached to an aromatic ring is 2. The van der Waals surface area contributed by atoms with Crippen LogP contribution in [0, 0.1) is 0 Å². The van der Waals surface area contributed by atoms with Gasteiger partial charge in [0.1, 0.15) is 5.88 Å². The molecule has 0 radical (unpaired) electrons. The second kappa shape index (κ2) is 14.1. The second-order valence-corrected chi connectivity index (χ2v) is 6.73. The number of rotatable bonds is 7.